The molecule has 1 aromatic carbocycles. The van der Waals surface area contributed by atoms with E-state index in [2.05, 4.69) is 5.32 Å². The highest BCUT2D eigenvalue weighted by Crippen LogP contribution is 2.32. The van der Waals surface area contributed by atoms with Gasteiger partial charge in [0.15, 0.2) is 0 Å². The van der Waals surface area contributed by atoms with Gasteiger partial charge in [-0.05, 0) is 12.5 Å². The summed E-state index contributed by atoms with van der Waals surface area (Å²) in [5, 5.41) is 10.9. The van der Waals surface area contributed by atoms with Gasteiger partial charge in [-0.1, -0.05) is 18.2 Å². The minimum Gasteiger partial charge on any atom is -0.490 e. The molecule has 0 fully saturated rings. The molecule has 15 heavy (non-hydrogen) atoms. The molecule has 0 aliphatic carbocycles. The minimum atomic E-state index is -1.02. The molecule has 4 nitrogen and oxygen atoms in total. The average Bonchev–Trinajstić information content (AvgIpc) is 2.55. The van der Waals surface area contributed by atoms with Crippen LogP contribution in [0.25, 0.3) is 0 Å². The summed E-state index contributed by atoms with van der Waals surface area (Å²) in [6.07, 6.45) is 0.0700. The van der Waals surface area contributed by atoms with E-state index in [4.69, 9.17) is 9.84 Å². The number of hydrogen-bond acceptors (Lipinski definition) is 2. The Hall–Kier alpha value is -1.71. The lowest BCUT2D eigenvalue weighted by Crippen LogP contribution is -2.20. The second-order valence-electron chi connectivity index (χ2n) is 3.70. The number of nitrogens with one attached hydrogen (secondary N) is 1. The van der Waals surface area contributed by atoms with Crippen LogP contribution in [0, 0.1) is 0 Å². The van der Waals surface area contributed by atoms with Crippen molar-refractivity contribution >= 4 is 6.09 Å². The average molecular weight is 207 g/mol. The zero-order chi connectivity index (χ0) is 10.8. The molecule has 1 aromatic rings. The standard InChI is InChI=1S/C11H13NO3/c1-7-5-8-3-2-4-9(10(8)15-7)6-12-11(13)14/h2-4,7,12H,5-6H2,1H3,(H,13,14). The number of carboxylic acid groups (broad SMARTS) is 1. The largest absolute Gasteiger partial charge is 0.490 e. The summed E-state index contributed by atoms with van der Waals surface area (Å²) in [6, 6.07) is 5.83. The maximum absolute atomic E-state index is 10.4. The molecule has 1 aliphatic rings. The molecule has 1 unspecified atom stereocenters. The molecular weight excluding hydrogens is 194 g/mol. The van der Waals surface area contributed by atoms with E-state index in [1.54, 1.807) is 0 Å². The van der Waals surface area contributed by atoms with E-state index in [1.165, 1.54) is 0 Å². The molecule has 1 amide bonds. The lowest BCUT2D eigenvalue weighted by Gasteiger charge is -2.08. The molecular formula is C11H13NO3. The van der Waals surface area contributed by atoms with Crippen LogP contribution in [0.4, 0.5) is 4.79 Å². The SMILES string of the molecule is CC1Cc2cccc(CNC(=O)O)c2O1. The molecule has 0 radical (unpaired) electrons. The van der Waals surface area contributed by atoms with Crippen molar-refractivity contribution < 1.29 is 14.6 Å². The fraction of sp³-hybridized carbons (Fsp3) is 0.364. The van der Waals surface area contributed by atoms with Crippen LogP contribution in [0.15, 0.2) is 18.2 Å². The molecule has 0 saturated carbocycles. The van der Waals surface area contributed by atoms with E-state index in [0.29, 0.717) is 6.54 Å². The van der Waals surface area contributed by atoms with Gasteiger partial charge in [0.25, 0.3) is 0 Å². The van der Waals surface area contributed by atoms with E-state index in [-0.39, 0.29) is 6.10 Å². The lowest BCUT2D eigenvalue weighted by molar-refractivity contribution is 0.193. The van der Waals surface area contributed by atoms with Crippen molar-refractivity contribution in [3.05, 3.63) is 29.3 Å². The Labute approximate surface area is 87.9 Å². The molecule has 1 aliphatic heterocycles. The molecule has 1 heterocycles. The smallest absolute Gasteiger partial charge is 0.404 e. The minimum absolute atomic E-state index is 0.186. The topological polar surface area (TPSA) is 58.6 Å². The van der Waals surface area contributed by atoms with Gasteiger partial charge in [0, 0.05) is 18.5 Å². The van der Waals surface area contributed by atoms with Gasteiger partial charge in [0.1, 0.15) is 11.9 Å². The second kappa shape index (κ2) is 3.81. The molecule has 0 aromatic heterocycles. The summed E-state index contributed by atoms with van der Waals surface area (Å²) in [7, 11) is 0. The Bertz CT molecular complexity index is 389. The third-order valence-corrected chi connectivity index (χ3v) is 2.43. The van der Waals surface area contributed by atoms with E-state index >= 15 is 0 Å². The number of amides is 1. The van der Waals surface area contributed by atoms with E-state index in [0.717, 1.165) is 23.3 Å². The van der Waals surface area contributed by atoms with Gasteiger partial charge >= 0.3 is 6.09 Å². The van der Waals surface area contributed by atoms with Gasteiger partial charge < -0.3 is 15.2 Å². The number of fused-ring (bicyclic) bond motifs is 1. The summed E-state index contributed by atoms with van der Waals surface area (Å²) in [5.74, 6) is 0.846. The summed E-state index contributed by atoms with van der Waals surface area (Å²) >= 11 is 0. The van der Waals surface area contributed by atoms with Crippen molar-refractivity contribution in [2.24, 2.45) is 0 Å². The molecule has 1 atom stereocenters. The van der Waals surface area contributed by atoms with Crippen LogP contribution < -0.4 is 10.1 Å². The van der Waals surface area contributed by atoms with Crippen LogP contribution in [0.2, 0.25) is 0 Å². The van der Waals surface area contributed by atoms with E-state index in [9.17, 15) is 4.79 Å². The van der Waals surface area contributed by atoms with Crippen LogP contribution in [0.5, 0.6) is 5.75 Å². The zero-order valence-corrected chi connectivity index (χ0v) is 8.49. The van der Waals surface area contributed by atoms with Gasteiger partial charge in [-0.15, -0.1) is 0 Å². The number of benzene rings is 1. The first-order valence-electron chi connectivity index (χ1n) is 4.91. The van der Waals surface area contributed by atoms with Crippen molar-refractivity contribution in [1.29, 1.82) is 0 Å². The third kappa shape index (κ3) is 2.03. The fourth-order valence-electron chi connectivity index (χ4n) is 1.81. The van der Waals surface area contributed by atoms with Crippen molar-refractivity contribution in [1.82, 2.24) is 5.32 Å². The Balaban J connectivity index is 2.19. The number of hydrogen-bond donors (Lipinski definition) is 2. The number of para-hydroxylation sites is 1. The van der Waals surface area contributed by atoms with Crippen LogP contribution >= 0.6 is 0 Å². The van der Waals surface area contributed by atoms with Crippen molar-refractivity contribution in [3.63, 3.8) is 0 Å². The van der Waals surface area contributed by atoms with Crippen molar-refractivity contribution in [2.75, 3.05) is 0 Å². The first kappa shape index (κ1) is 9.83. The van der Waals surface area contributed by atoms with Crippen LogP contribution in [0.3, 0.4) is 0 Å². The molecule has 2 rings (SSSR count). The molecule has 0 spiro atoms. The quantitative estimate of drug-likeness (QED) is 0.777. The van der Waals surface area contributed by atoms with Crippen LogP contribution in [-0.2, 0) is 13.0 Å². The molecule has 80 valence electrons. The van der Waals surface area contributed by atoms with Gasteiger partial charge in [0.05, 0.1) is 0 Å². The highest BCUT2D eigenvalue weighted by atomic mass is 16.5. The highest BCUT2D eigenvalue weighted by Gasteiger charge is 2.21. The maximum Gasteiger partial charge on any atom is 0.404 e. The second-order valence-corrected chi connectivity index (χ2v) is 3.70. The fourth-order valence-corrected chi connectivity index (χ4v) is 1.81. The molecule has 2 N–H and O–H groups in total. The number of rotatable bonds is 2. The normalized spacial score (nSPS) is 18.1. The predicted octanol–water partition coefficient (Wildman–Crippen LogP) is 1.78. The highest BCUT2D eigenvalue weighted by molar-refractivity contribution is 5.64. The first-order valence-corrected chi connectivity index (χ1v) is 4.91. The lowest BCUT2D eigenvalue weighted by atomic mass is 10.1. The Kier molecular flexibility index (Phi) is 2.49. The zero-order valence-electron chi connectivity index (χ0n) is 8.49. The van der Waals surface area contributed by atoms with Crippen LogP contribution in [-0.4, -0.2) is 17.3 Å². The van der Waals surface area contributed by atoms with Crippen molar-refractivity contribution in [2.45, 2.75) is 26.0 Å². The van der Waals surface area contributed by atoms with Crippen molar-refractivity contribution in [3.8, 4) is 5.75 Å². The molecule has 4 heteroatoms. The number of carbonyl (C=O) groups is 1. The monoisotopic (exact) mass is 207 g/mol. The summed E-state index contributed by atoms with van der Waals surface area (Å²) in [4.78, 5) is 10.4. The van der Waals surface area contributed by atoms with Gasteiger partial charge in [-0.2, -0.15) is 0 Å². The summed E-state index contributed by atoms with van der Waals surface area (Å²) < 4.78 is 5.64. The Morgan fingerprint density at radius 2 is 2.47 bits per heavy atom. The van der Waals surface area contributed by atoms with Gasteiger partial charge in [0.2, 0.25) is 0 Å². The predicted molar refractivity (Wildman–Crippen MR) is 55.1 cm³/mol. The first-order chi connectivity index (χ1) is 7.16. The third-order valence-electron chi connectivity index (χ3n) is 2.43. The van der Waals surface area contributed by atoms with Gasteiger partial charge in [-0.25, -0.2) is 4.79 Å². The Morgan fingerprint density at radius 1 is 1.67 bits per heavy atom. The summed E-state index contributed by atoms with van der Waals surface area (Å²) in [5.41, 5.74) is 2.06. The van der Waals surface area contributed by atoms with E-state index in [1.807, 2.05) is 25.1 Å². The maximum atomic E-state index is 10.4. The van der Waals surface area contributed by atoms with E-state index < -0.39 is 6.09 Å². The van der Waals surface area contributed by atoms with Crippen LogP contribution in [0.1, 0.15) is 18.1 Å². The Morgan fingerprint density at radius 3 is 3.20 bits per heavy atom. The number of ether oxygens (including phenoxy) is 1. The molecule has 0 bridgehead atoms. The molecule has 0 saturated heterocycles. The summed E-state index contributed by atoms with van der Waals surface area (Å²) in [6.45, 7) is 2.31. The van der Waals surface area contributed by atoms with Gasteiger partial charge in [-0.3, -0.25) is 0 Å².